The van der Waals surface area contributed by atoms with Gasteiger partial charge in [0.25, 0.3) is 0 Å². The molecule has 0 spiro atoms. The van der Waals surface area contributed by atoms with E-state index in [0.29, 0.717) is 11.5 Å². The van der Waals surface area contributed by atoms with Crippen molar-refractivity contribution in [1.29, 1.82) is 5.26 Å². The molecule has 4 nitrogen and oxygen atoms in total. The number of benzene rings is 1. The van der Waals surface area contributed by atoms with E-state index in [1.165, 1.54) is 0 Å². The van der Waals surface area contributed by atoms with Crippen LogP contribution in [0, 0.1) is 17.2 Å². The number of hydrogen-bond acceptors (Lipinski definition) is 3. The fourth-order valence-corrected chi connectivity index (χ4v) is 1.73. The highest BCUT2D eigenvalue weighted by Gasteiger charge is 2.17. The molecule has 0 aliphatic carbocycles. The minimum atomic E-state index is -0.176. The van der Waals surface area contributed by atoms with Crippen LogP contribution in [0.1, 0.15) is 32.8 Å². The number of amides is 1. The average molecular weight is 273 g/mol. The number of rotatable bonds is 6. The molecule has 0 saturated heterocycles. The van der Waals surface area contributed by atoms with Crippen LogP contribution in [-0.2, 0) is 4.79 Å². The van der Waals surface area contributed by atoms with Gasteiger partial charge in [-0.1, -0.05) is 13.8 Å². The van der Waals surface area contributed by atoms with Crippen LogP contribution in [0.2, 0.25) is 0 Å². The maximum Gasteiger partial charge on any atom is 0.241 e. The Morgan fingerprint density at radius 3 is 2.40 bits per heavy atom. The molecule has 1 atom stereocenters. The third-order valence-corrected chi connectivity index (χ3v) is 3.38. The predicted octanol–water partition coefficient (Wildman–Crippen LogP) is 2.86. The Bertz CT molecular complexity index is 473. The maximum absolute atomic E-state index is 12.1. The summed E-state index contributed by atoms with van der Waals surface area (Å²) in [7, 11) is 1.96. The zero-order chi connectivity index (χ0) is 15.1. The molecule has 0 fully saturated rings. The lowest BCUT2D eigenvalue weighted by atomic mass is 10.1. The first kappa shape index (κ1) is 16.2. The van der Waals surface area contributed by atoms with E-state index in [4.69, 9.17) is 5.26 Å². The summed E-state index contributed by atoms with van der Waals surface area (Å²) in [6.07, 6.45) is 1.07. The quantitative estimate of drug-likeness (QED) is 0.867. The second-order valence-corrected chi connectivity index (χ2v) is 5.52. The summed E-state index contributed by atoms with van der Waals surface area (Å²) in [5.74, 6) is 0.604. The summed E-state index contributed by atoms with van der Waals surface area (Å²) >= 11 is 0. The first-order valence-electron chi connectivity index (χ1n) is 6.95. The second kappa shape index (κ2) is 7.66. The second-order valence-electron chi connectivity index (χ2n) is 5.52. The predicted molar refractivity (Wildman–Crippen MR) is 81.3 cm³/mol. The normalized spacial score (nSPS) is 12.2. The number of nitrogens with zero attached hydrogens (tertiary/aromatic N) is 2. The van der Waals surface area contributed by atoms with E-state index < -0.39 is 0 Å². The first-order chi connectivity index (χ1) is 9.43. The molecule has 0 radical (unpaired) electrons. The molecule has 0 bridgehead atoms. The lowest BCUT2D eigenvalue weighted by Crippen LogP contribution is -2.40. The van der Waals surface area contributed by atoms with E-state index >= 15 is 0 Å². The summed E-state index contributed by atoms with van der Waals surface area (Å²) in [6, 6.07) is 8.77. The monoisotopic (exact) mass is 273 g/mol. The van der Waals surface area contributed by atoms with Crippen molar-refractivity contribution < 1.29 is 4.79 Å². The lowest BCUT2D eigenvalue weighted by Gasteiger charge is -2.24. The molecule has 0 aromatic heterocycles. The van der Waals surface area contributed by atoms with E-state index in [-0.39, 0.29) is 11.9 Å². The van der Waals surface area contributed by atoms with Gasteiger partial charge in [-0.3, -0.25) is 9.69 Å². The van der Waals surface area contributed by atoms with E-state index in [9.17, 15) is 4.79 Å². The van der Waals surface area contributed by atoms with E-state index in [1.54, 1.807) is 24.3 Å². The number of hydrogen-bond donors (Lipinski definition) is 1. The van der Waals surface area contributed by atoms with Crippen LogP contribution in [0.3, 0.4) is 0 Å². The molecule has 1 rings (SSSR count). The largest absolute Gasteiger partial charge is 0.325 e. The highest BCUT2D eigenvalue weighted by atomic mass is 16.2. The van der Waals surface area contributed by atoms with Crippen molar-refractivity contribution in [3.05, 3.63) is 29.8 Å². The van der Waals surface area contributed by atoms with Crippen molar-refractivity contribution in [1.82, 2.24) is 4.90 Å². The Morgan fingerprint density at radius 2 is 1.90 bits per heavy atom. The molecule has 108 valence electrons. The van der Waals surface area contributed by atoms with Crippen molar-refractivity contribution in [2.24, 2.45) is 5.92 Å². The lowest BCUT2D eigenvalue weighted by molar-refractivity contribution is -0.120. The van der Waals surface area contributed by atoms with Gasteiger partial charge in [0.2, 0.25) is 5.91 Å². The summed E-state index contributed by atoms with van der Waals surface area (Å²) < 4.78 is 0. The number of nitrogens with one attached hydrogen (secondary N) is 1. The number of nitriles is 1. The fourth-order valence-electron chi connectivity index (χ4n) is 1.73. The van der Waals surface area contributed by atoms with Gasteiger partial charge in [-0.15, -0.1) is 0 Å². The van der Waals surface area contributed by atoms with Crippen LogP contribution in [0.25, 0.3) is 0 Å². The summed E-state index contributed by atoms with van der Waals surface area (Å²) in [5, 5.41) is 11.6. The first-order valence-corrected chi connectivity index (χ1v) is 6.95. The Labute approximate surface area is 121 Å². The molecule has 0 aliphatic rings. The SMILES string of the molecule is CC(C)CCN(C)C(C)C(=O)Nc1ccc(C#N)cc1. The minimum Gasteiger partial charge on any atom is -0.325 e. The van der Waals surface area contributed by atoms with Crippen LogP contribution in [0.5, 0.6) is 0 Å². The van der Waals surface area contributed by atoms with Gasteiger partial charge >= 0.3 is 0 Å². The smallest absolute Gasteiger partial charge is 0.241 e. The van der Waals surface area contributed by atoms with Gasteiger partial charge in [0, 0.05) is 5.69 Å². The van der Waals surface area contributed by atoms with Gasteiger partial charge in [-0.2, -0.15) is 5.26 Å². The number of likely N-dealkylation sites (N-methyl/N-ethyl adjacent to an activating group) is 1. The van der Waals surface area contributed by atoms with Crippen molar-refractivity contribution >= 4 is 11.6 Å². The van der Waals surface area contributed by atoms with Crippen LogP contribution >= 0.6 is 0 Å². The van der Waals surface area contributed by atoms with Gasteiger partial charge in [0.15, 0.2) is 0 Å². The molecule has 1 N–H and O–H groups in total. The van der Waals surface area contributed by atoms with E-state index in [2.05, 4.69) is 30.1 Å². The van der Waals surface area contributed by atoms with Crippen molar-refractivity contribution in [2.75, 3.05) is 18.9 Å². The number of carbonyl (C=O) groups excluding carboxylic acids is 1. The van der Waals surface area contributed by atoms with Gasteiger partial charge in [-0.25, -0.2) is 0 Å². The van der Waals surface area contributed by atoms with Gasteiger partial charge < -0.3 is 5.32 Å². The fraction of sp³-hybridized carbons (Fsp3) is 0.500. The molecular formula is C16H23N3O. The van der Waals surface area contributed by atoms with E-state index in [0.717, 1.165) is 18.7 Å². The third-order valence-electron chi connectivity index (χ3n) is 3.38. The molecule has 1 aromatic rings. The minimum absolute atomic E-state index is 0.0269. The molecule has 0 aliphatic heterocycles. The van der Waals surface area contributed by atoms with Crippen LogP contribution in [-0.4, -0.2) is 30.4 Å². The summed E-state index contributed by atoms with van der Waals surface area (Å²) in [4.78, 5) is 14.2. The average Bonchev–Trinajstić information content (AvgIpc) is 2.44. The third kappa shape index (κ3) is 5.02. The van der Waals surface area contributed by atoms with Crippen molar-refractivity contribution in [3.8, 4) is 6.07 Å². The molecule has 0 heterocycles. The highest BCUT2D eigenvalue weighted by molar-refractivity contribution is 5.94. The number of anilines is 1. The molecule has 0 saturated carbocycles. The Balaban J connectivity index is 2.54. The van der Waals surface area contributed by atoms with Crippen molar-refractivity contribution in [3.63, 3.8) is 0 Å². The Hall–Kier alpha value is -1.86. The van der Waals surface area contributed by atoms with Gasteiger partial charge in [0.05, 0.1) is 17.7 Å². The van der Waals surface area contributed by atoms with Crippen LogP contribution < -0.4 is 5.32 Å². The topological polar surface area (TPSA) is 56.1 Å². The van der Waals surface area contributed by atoms with Crippen LogP contribution in [0.4, 0.5) is 5.69 Å². The summed E-state index contributed by atoms with van der Waals surface area (Å²) in [5.41, 5.74) is 1.31. The van der Waals surface area contributed by atoms with Gasteiger partial charge in [-0.05, 0) is 57.1 Å². The standard InChI is InChI=1S/C16H23N3O/c1-12(2)9-10-19(4)13(3)16(20)18-15-7-5-14(11-17)6-8-15/h5-8,12-13H,9-10H2,1-4H3,(H,18,20). The Kier molecular flexibility index (Phi) is 6.20. The molecular weight excluding hydrogens is 250 g/mol. The van der Waals surface area contributed by atoms with Crippen molar-refractivity contribution in [2.45, 2.75) is 33.2 Å². The summed E-state index contributed by atoms with van der Waals surface area (Å²) in [6.45, 7) is 7.16. The van der Waals surface area contributed by atoms with E-state index in [1.807, 2.05) is 14.0 Å². The Morgan fingerprint density at radius 1 is 1.30 bits per heavy atom. The molecule has 1 amide bonds. The molecule has 1 unspecified atom stereocenters. The molecule has 1 aromatic carbocycles. The maximum atomic E-state index is 12.1. The number of carbonyl (C=O) groups is 1. The zero-order valence-corrected chi connectivity index (χ0v) is 12.7. The molecule has 4 heteroatoms. The zero-order valence-electron chi connectivity index (χ0n) is 12.7. The molecule has 20 heavy (non-hydrogen) atoms. The van der Waals surface area contributed by atoms with Crippen LogP contribution in [0.15, 0.2) is 24.3 Å². The highest BCUT2D eigenvalue weighted by Crippen LogP contribution is 2.11. The van der Waals surface area contributed by atoms with Gasteiger partial charge in [0.1, 0.15) is 0 Å².